The molecule has 0 fully saturated rings. The summed E-state index contributed by atoms with van der Waals surface area (Å²) in [5.74, 6) is 2.44. The van der Waals surface area contributed by atoms with E-state index in [1.165, 1.54) is 0 Å². The number of urea groups is 1. The van der Waals surface area contributed by atoms with Crippen LogP contribution in [0.4, 0.5) is 10.6 Å². The van der Waals surface area contributed by atoms with Crippen LogP contribution in [0.25, 0.3) is 0 Å². The van der Waals surface area contributed by atoms with E-state index in [1.807, 2.05) is 25.1 Å². The normalized spacial score (nSPS) is 14.3. The maximum atomic E-state index is 11.9. The van der Waals surface area contributed by atoms with Crippen molar-refractivity contribution in [2.24, 2.45) is 0 Å². The highest BCUT2D eigenvalue weighted by atomic mass is 16.6. The van der Waals surface area contributed by atoms with Gasteiger partial charge in [0, 0.05) is 6.07 Å². The average molecular weight is 303 g/mol. The van der Waals surface area contributed by atoms with E-state index >= 15 is 0 Å². The zero-order valence-electron chi connectivity index (χ0n) is 12.4. The second-order valence-corrected chi connectivity index (χ2v) is 5.05. The van der Waals surface area contributed by atoms with Gasteiger partial charge in [-0.15, -0.1) is 0 Å². The SMILES string of the molecule is Cc1cc(NC(=O)NC(C)c2ccc3c(c2)OCCO3)no1. The van der Waals surface area contributed by atoms with E-state index in [2.05, 4.69) is 15.8 Å². The van der Waals surface area contributed by atoms with Crippen molar-refractivity contribution in [3.63, 3.8) is 0 Å². The Morgan fingerprint density at radius 2 is 2.00 bits per heavy atom. The van der Waals surface area contributed by atoms with Crippen molar-refractivity contribution in [1.29, 1.82) is 0 Å². The number of amides is 2. The van der Waals surface area contributed by atoms with Crippen LogP contribution in [0.5, 0.6) is 11.5 Å². The highest BCUT2D eigenvalue weighted by Gasteiger charge is 2.16. The van der Waals surface area contributed by atoms with Gasteiger partial charge < -0.3 is 19.3 Å². The monoisotopic (exact) mass is 303 g/mol. The summed E-state index contributed by atoms with van der Waals surface area (Å²) >= 11 is 0. The van der Waals surface area contributed by atoms with Crippen molar-refractivity contribution in [1.82, 2.24) is 10.5 Å². The number of anilines is 1. The van der Waals surface area contributed by atoms with Crippen LogP contribution in [0.15, 0.2) is 28.8 Å². The van der Waals surface area contributed by atoms with E-state index in [9.17, 15) is 4.79 Å². The fourth-order valence-electron chi connectivity index (χ4n) is 2.19. The van der Waals surface area contributed by atoms with E-state index < -0.39 is 0 Å². The molecule has 0 radical (unpaired) electrons. The van der Waals surface area contributed by atoms with Crippen molar-refractivity contribution in [2.75, 3.05) is 18.5 Å². The molecule has 7 heteroatoms. The molecular weight excluding hydrogens is 286 g/mol. The van der Waals surface area contributed by atoms with Crippen molar-refractivity contribution < 1.29 is 18.8 Å². The number of nitrogens with one attached hydrogen (secondary N) is 2. The Balaban J connectivity index is 1.63. The van der Waals surface area contributed by atoms with Gasteiger partial charge in [-0.25, -0.2) is 4.79 Å². The van der Waals surface area contributed by atoms with E-state index in [-0.39, 0.29) is 12.1 Å². The van der Waals surface area contributed by atoms with Crippen LogP contribution in [0, 0.1) is 6.92 Å². The third-order valence-electron chi connectivity index (χ3n) is 3.28. The van der Waals surface area contributed by atoms with E-state index in [0.29, 0.717) is 30.5 Å². The molecule has 22 heavy (non-hydrogen) atoms. The lowest BCUT2D eigenvalue weighted by atomic mass is 10.1. The standard InChI is InChI=1S/C15H17N3O4/c1-9-7-14(18-22-9)17-15(19)16-10(2)11-3-4-12-13(8-11)21-6-5-20-12/h3-4,7-8,10H,5-6H2,1-2H3,(H2,16,17,18,19). The number of fused-ring (bicyclic) bond motifs is 1. The number of rotatable bonds is 3. The topological polar surface area (TPSA) is 85.6 Å². The smallest absolute Gasteiger partial charge is 0.320 e. The minimum atomic E-state index is -0.351. The predicted octanol–water partition coefficient (Wildman–Crippen LogP) is 2.64. The first-order chi connectivity index (χ1) is 10.6. The zero-order chi connectivity index (χ0) is 15.5. The Morgan fingerprint density at radius 1 is 1.23 bits per heavy atom. The molecule has 2 N–H and O–H groups in total. The summed E-state index contributed by atoms with van der Waals surface area (Å²) in [6, 6.07) is 6.73. The van der Waals surface area contributed by atoms with Crippen LogP contribution in [0.1, 0.15) is 24.3 Å². The molecule has 0 aliphatic carbocycles. The third kappa shape index (κ3) is 3.13. The predicted molar refractivity (Wildman–Crippen MR) is 79.2 cm³/mol. The number of nitrogens with zero attached hydrogens (tertiary/aromatic N) is 1. The van der Waals surface area contributed by atoms with E-state index in [1.54, 1.807) is 13.0 Å². The Labute approximate surface area is 127 Å². The molecule has 1 unspecified atom stereocenters. The van der Waals surface area contributed by atoms with Gasteiger partial charge in [0.25, 0.3) is 0 Å². The first-order valence-corrected chi connectivity index (χ1v) is 7.02. The number of hydrogen-bond donors (Lipinski definition) is 2. The van der Waals surface area contributed by atoms with Gasteiger partial charge in [-0.05, 0) is 31.5 Å². The van der Waals surface area contributed by atoms with Gasteiger partial charge in [0.05, 0.1) is 6.04 Å². The molecule has 0 bridgehead atoms. The van der Waals surface area contributed by atoms with E-state index in [4.69, 9.17) is 14.0 Å². The van der Waals surface area contributed by atoms with Gasteiger partial charge in [-0.3, -0.25) is 5.32 Å². The summed E-state index contributed by atoms with van der Waals surface area (Å²) in [6.07, 6.45) is 0. The van der Waals surface area contributed by atoms with Gasteiger partial charge >= 0.3 is 6.03 Å². The van der Waals surface area contributed by atoms with Gasteiger partial charge in [0.2, 0.25) is 0 Å². The van der Waals surface area contributed by atoms with Crippen LogP contribution < -0.4 is 20.1 Å². The molecule has 3 rings (SSSR count). The van der Waals surface area contributed by atoms with Crippen LogP contribution in [0.2, 0.25) is 0 Å². The molecule has 0 saturated heterocycles. The number of benzene rings is 1. The number of aromatic nitrogens is 1. The van der Waals surface area contributed by atoms with Crippen molar-refractivity contribution in [3.8, 4) is 11.5 Å². The summed E-state index contributed by atoms with van der Waals surface area (Å²) in [6.45, 7) is 4.73. The maximum absolute atomic E-state index is 11.9. The lowest BCUT2D eigenvalue weighted by Gasteiger charge is -2.21. The highest BCUT2D eigenvalue weighted by molar-refractivity contribution is 5.88. The Bertz CT molecular complexity index is 683. The molecule has 0 spiro atoms. The van der Waals surface area contributed by atoms with Crippen LogP contribution >= 0.6 is 0 Å². The second-order valence-electron chi connectivity index (χ2n) is 5.05. The number of hydrogen-bond acceptors (Lipinski definition) is 5. The number of ether oxygens (including phenoxy) is 2. The fraction of sp³-hybridized carbons (Fsp3) is 0.333. The van der Waals surface area contributed by atoms with Crippen LogP contribution in [0.3, 0.4) is 0 Å². The van der Waals surface area contributed by atoms with Crippen LogP contribution in [-0.4, -0.2) is 24.4 Å². The minimum Gasteiger partial charge on any atom is -0.486 e. The summed E-state index contributed by atoms with van der Waals surface area (Å²) in [4.78, 5) is 11.9. The first-order valence-electron chi connectivity index (χ1n) is 7.02. The van der Waals surface area contributed by atoms with Crippen molar-refractivity contribution in [2.45, 2.75) is 19.9 Å². The Kier molecular flexibility index (Phi) is 3.86. The maximum Gasteiger partial charge on any atom is 0.320 e. The lowest BCUT2D eigenvalue weighted by molar-refractivity contribution is 0.171. The zero-order valence-corrected chi connectivity index (χ0v) is 12.4. The van der Waals surface area contributed by atoms with E-state index in [0.717, 1.165) is 11.3 Å². The first kappa shape index (κ1) is 14.2. The van der Waals surface area contributed by atoms with Gasteiger partial charge in [-0.1, -0.05) is 11.2 Å². The Hall–Kier alpha value is -2.70. The largest absolute Gasteiger partial charge is 0.486 e. The Morgan fingerprint density at radius 3 is 2.73 bits per heavy atom. The molecule has 116 valence electrons. The third-order valence-corrected chi connectivity index (χ3v) is 3.28. The summed E-state index contributed by atoms with van der Waals surface area (Å²) in [7, 11) is 0. The second kappa shape index (κ2) is 5.97. The van der Waals surface area contributed by atoms with Gasteiger partial charge in [0.15, 0.2) is 17.3 Å². The molecule has 2 aromatic rings. The highest BCUT2D eigenvalue weighted by Crippen LogP contribution is 2.32. The van der Waals surface area contributed by atoms with Crippen molar-refractivity contribution in [3.05, 3.63) is 35.6 Å². The van der Waals surface area contributed by atoms with Crippen molar-refractivity contribution >= 4 is 11.8 Å². The fourth-order valence-corrected chi connectivity index (χ4v) is 2.19. The summed E-state index contributed by atoms with van der Waals surface area (Å²) in [5.41, 5.74) is 0.927. The van der Waals surface area contributed by atoms with Crippen LogP contribution in [-0.2, 0) is 0 Å². The molecule has 1 atom stereocenters. The summed E-state index contributed by atoms with van der Waals surface area (Å²) < 4.78 is 15.9. The lowest BCUT2D eigenvalue weighted by Crippen LogP contribution is -2.31. The molecule has 1 aromatic carbocycles. The molecular formula is C15H17N3O4. The number of carbonyl (C=O) groups excluding carboxylic acids is 1. The minimum absolute atomic E-state index is 0.191. The molecule has 1 aromatic heterocycles. The number of carbonyl (C=O) groups is 1. The summed E-state index contributed by atoms with van der Waals surface area (Å²) in [5, 5.41) is 9.16. The molecule has 1 aliphatic rings. The molecule has 0 saturated carbocycles. The quantitative estimate of drug-likeness (QED) is 0.910. The van der Waals surface area contributed by atoms with Gasteiger partial charge in [0.1, 0.15) is 19.0 Å². The molecule has 2 amide bonds. The molecule has 1 aliphatic heterocycles. The molecule has 2 heterocycles. The molecule has 7 nitrogen and oxygen atoms in total. The van der Waals surface area contributed by atoms with Gasteiger partial charge in [-0.2, -0.15) is 0 Å². The average Bonchev–Trinajstić information content (AvgIpc) is 2.91. The number of aryl methyl sites for hydroxylation is 1.